The number of piperidine rings is 1. The van der Waals surface area contributed by atoms with E-state index in [1.807, 2.05) is 0 Å². The van der Waals surface area contributed by atoms with E-state index in [0.717, 1.165) is 53.8 Å². The van der Waals surface area contributed by atoms with Gasteiger partial charge in [0.05, 0.1) is 0 Å². The van der Waals surface area contributed by atoms with E-state index in [2.05, 4.69) is 97.8 Å². The molecule has 0 spiro atoms. The third-order valence-corrected chi connectivity index (χ3v) is 8.95. The van der Waals surface area contributed by atoms with Gasteiger partial charge in [-0.2, -0.15) is 0 Å². The van der Waals surface area contributed by atoms with Crippen molar-refractivity contribution in [2.75, 3.05) is 32.7 Å². The monoisotopic (exact) mass is 512 g/mol. The Morgan fingerprint density at radius 2 is 0.917 bits per heavy atom. The van der Waals surface area contributed by atoms with Gasteiger partial charge in [-0.25, -0.2) is 0 Å². The lowest BCUT2D eigenvalue weighted by Gasteiger charge is -2.36. The number of hydrogen-bond acceptors (Lipinski definition) is 3. The molecule has 0 amide bonds. The molecule has 2 unspecified atom stereocenters. The second-order valence-electron chi connectivity index (χ2n) is 13.4. The topological polar surface area (TPSA) is 9.72 Å². The van der Waals surface area contributed by atoms with Crippen molar-refractivity contribution >= 4 is 0 Å². The van der Waals surface area contributed by atoms with Gasteiger partial charge in [-0.15, -0.1) is 0 Å². The molecule has 0 N–H and O–H groups in total. The second-order valence-corrected chi connectivity index (χ2v) is 13.4. The summed E-state index contributed by atoms with van der Waals surface area (Å²) in [7, 11) is 0. The Kier molecular flexibility index (Phi) is 20.1. The lowest BCUT2D eigenvalue weighted by Crippen LogP contribution is -2.39. The first-order valence-electron chi connectivity index (χ1n) is 15.1. The van der Waals surface area contributed by atoms with Crippen LogP contribution in [0.1, 0.15) is 130 Å². The van der Waals surface area contributed by atoms with Crippen LogP contribution in [-0.4, -0.2) is 71.6 Å². The fourth-order valence-electron chi connectivity index (χ4n) is 6.10. The largest absolute Gasteiger partial charge is 0.301 e. The molecular weight excluding hydrogens is 438 g/mol. The molecule has 0 aromatic rings. The Bertz CT molecular complexity index is 459. The van der Waals surface area contributed by atoms with Crippen molar-refractivity contribution < 1.29 is 0 Å². The highest BCUT2D eigenvalue weighted by Gasteiger charge is 2.28. The van der Waals surface area contributed by atoms with Gasteiger partial charge in [0.25, 0.3) is 0 Å². The van der Waals surface area contributed by atoms with Crippen LogP contribution in [0, 0.1) is 29.6 Å². The zero-order chi connectivity index (χ0) is 26.0. The molecule has 0 radical (unpaired) electrons. The molecule has 3 fully saturated rings. The van der Waals surface area contributed by atoms with Crippen LogP contribution in [0.4, 0.5) is 0 Å². The molecule has 0 bridgehead atoms. The van der Waals surface area contributed by atoms with Gasteiger partial charge >= 0.3 is 0 Å². The minimum Gasteiger partial charge on any atom is -0.301 e. The van der Waals surface area contributed by atoms with E-state index in [1.54, 1.807) is 0 Å². The third kappa shape index (κ3) is 13.1. The lowest BCUT2D eigenvalue weighted by molar-refractivity contribution is 0.129. The van der Waals surface area contributed by atoms with Crippen LogP contribution in [0.2, 0.25) is 0 Å². The highest BCUT2D eigenvalue weighted by molar-refractivity contribution is 4.83. The van der Waals surface area contributed by atoms with Gasteiger partial charge in [0.1, 0.15) is 0 Å². The summed E-state index contributed by atoms with van der Waals surface area (Å²) in [6.07, 6.45) is 7.05. The highest BCUT2D eigenvalue weighted by Crippen LogP contribution is 2.26. The van der Waals surface area contributed by atoms with Crippen molar-refractivity contribution in [2.24, 2.45) is 29.6 Å². The summed E-state index contributed by atoms with van der Waals surface area (Å²) in [6, 6.07) is 3.09. The Balaban J connectivity index is 0. The zero-order valence-electron chi connectivity index (χ0n) is 25.6. The molecule has 2 atom stereocenters. The van der Waals surface area contributed by atoms with Gasteiger partial charge in [-0.1, -0.05) is 56.4 Å². The molecular formula is C33H73N3. The Hall–Kier alpha value is -0.120. The van der Waals surface area contributed by atoms with Gasteiger partial charge in [-0.3, -0.25) is 4.90 Å². The van der Waals surface area contributed by atoms with Crippen molar-refractivity contribution in [1.29, 1.82) is 0 Å². The molecule has 0 aromatic carbocycles. The van der Waals surface area contributed by atoms with E-state index in [9.17, 15) is 0 Å². The van der Waals surface area contributed by atoms with Crippen LogP contribution in [0.25, 0.3) is 0 Å². The fourth-order valence-corrected chi connectivity index (χ4v) is 6.10. The minimum atomic E-state index is 0. The van der Waals surface area contributed by atoms with Crippen molar-refractivity contribution in [1.82, 2.24) is 14.7 Å². The van der Waals surface area contributed by atoms with Crippen LogP contribution in [-0.2, 0) is 0 Å². The molecule has 36 heavy (non-hydrogen) atoms. The maximum Gasteiger partial charge on any atom is 0.0121 e. The number of rotatable bonds is 6. The number of likely N-dealkylation sites (tertiary alicyclic amines) is 3. The van der Waals surface area contributed by atoms with E-state index in [0.29, 0.717) is 0 Å². The SMILES string of the molecule is C.C.CC(C)C1CCCN1C(C)C.CC(C)C1CCN(C(C)C)C1.CC(C)C1CCN(C(C)C)CC1. The van der Waals surface area contributed by atoms with Crippen molar-refractivity contribution in [2.45, 2.75) is 154 Å². The fraction of sp³-hybridized carbons (Fsp3) is 1.00. The standard InChI is InChI=1S/C11H23N.2C10H21N.2CH4/c1-9(2)11-5-7-12(8-6-11)10(3)4;1-8(2)10-5-6-11(7-10)9(3)4;1-8(2)10-6-5-7-11(10)9(3)4;;/h9-11H,5-8H2,1-4H3;2*8-10H,5-7H2,1-4H3;2*1H4. The van der Waals surface area contributed by atoms with Gasteiger partial charge in [0.15, 0.2) is 0 Å². The summed E-state index contributed by atoms with van der Waals surface area (Å²) in [5, 5.41) is 0. The van der Waals surface area contributed by atoms with Crippen LogP contribution in [0.5, 0.6) is 0 Å². The molecule has 220 valence electrons. The maximum atomic E-state index is 2.64. The lowest BCUT2D eigenvalue weighted by atomic mass is 9.86. The zero-order valence-corrected chi connectivity index (χ0v) is 25.6. The summed E-state index contributed by atoms with van der Waals surface area (Å²) in [6.45, 7) is 34.5. The normalized spacial score (nSPS) is 24.2. The second kappa shape index (κ2) is 19.0. The van der Waals surface area contributed by atoms with E-state index >= 15 is 0 Å². The summed E-state index contributed by atoms with van der Waals surface area (Å²) in [5.74, 6) is 4.54. The van der Waals surface area contributed by atoms with Crippen LogP contribution >= 0.6 is 0 Å². The molecule has 3 heteroatoms. The Morgan fingerprint density at radius 3 is 1.22 bits per heavy atom. The summed E-state index contributed by atoms with van der Waals surface area (Å²) < 4.78 is 0. The highest BCUT2D eigenvalue weighted by atomic mass is 15.2. The molecule has 3 nitrogen and oxygen atoms in total. The van der Waals surface area contributed by atoms with E-state index < -0.39 is 0 Å². The van der Waals surface area contributed by atoms with E-state index in [1.165, 1.54) is 64.8 Å². The van der Waals surface area contributed by atoms with Gasteiger partial charge in [0, 0.05) is 30.7 Å². The Labute approximate surface area is 231 Å². The molecule has 3 heterocycles. The summed E-state index contributed by atoms with van der Waals surface area (Å²) in [4.78, 5) is 7.83. The first-order valence-corrected chi connectivity index (χ1v) is 15.1. The molecule has 3 aliphatic heterocycles. The molecule has 0 aromatic heterocycles. The first-order chi connectivity index (χ1) is 15.8. The average Bonchev–Trinajstić information content (AvgIpc) is 3.45. The molecule has 3 saturated heterocycles. The van der Waals surface area contributed by atoms with Crippen LogP contribution in [0.3, 0.4) is 0 Å². The Morgan fingerprint density at radius 1 is 0.472 bits per heavy atom. The predicted octanol–water partition coefficient (Wildman–Crippen LogP) is 8.92. The van der Waals surface area contributed by atoms with Crippen molar-refractivity contribution in [3.05, 3.63) is 0 Å². The van der Waals surface area contributed by atoms with Gasteiger partial charge in [0.2, 0.25) is 0 Å². The molecule has 3 aliphatic rings. The number of hydrogen-bond donors (Lipinski definition) is 0. The van der Waals surface area contributed by atoms with Gasteiger partial charge < -0.3 is 9.80 Å². The molecule has 0 saturated carbocycles. The minimum absolute atomic E-state index is 0. The first kappa shape index (κ1) is 38.0. The third-order valence-electron chi connectivity index (χ3n) is 8.95. The van der Waals surface area contributed by atoms with Crippen LogP contribution < -0.4 is 0 Å². The van der Waals surface area contributed by atoms with Crippen molar-refractivity contribution in [3.63, 3.8) is 0 Å². The number of nitrogens with zero attached hydrogens (tertiary/aromatic N) is 3. The molecule has 3 rings (SSSR count). The van der Waals surface area contributed by atoms with Crippen LogP contribution in [0.15, 0.2) is 0 Å². The maximum absolute atomic E-state index is 2.64. The smallest absolute Gasteiger partial charge is 0.0121 e. The summed E-state index contributed by atoms with van der Waals surface area (Å²) in [5.41, 5.74) is 0. The molecule has 0 aliphatic carbocycles. The van der Waals surface area contributed by atoms with Gasteiger partial charge in [-0.05, 0) is 129 Å². The predicted molar refractivity (Wildman–Crippen MR) is 167 cm³/mol. The van der Waals surface area contributed by atoms with Crippen molar-refractivity contribution in [3.8, 4) is 0 Å². The summed E-state index contributed by atoms with van der Waals surface area (Å²) >= 11 is 0. The van der Waals surface area contributed by atoms with E-state index in [4.69, 9.17) is 0 Å². The average molecular weight is 512 g/mol. The quantitative estimate of drug-likeness (QED) is 0.352. The van der Waals surface area contributed by atoms with E-state index in [-0.39, 0.29) is 14.9 Å².